The highest BCUT2D eigenvalue weighted by Gasteiger charge is 2.34. The zero-order valence-electron chi connectivity index (χ0n) is 15.2. The number of hydrogen-bond acceptors (Lipinski definition) is 4. The average Bonchev–Trinajstić information content (AvgIpc) is 2.74. The van der Waals surface area contributed by atoms with E-state index in [1.807, 2.05) is 12.1 Å². The smallest absolute Gasteiger partial charge is 0.265 e. The molecular formula is C24H15NO4. The Kier molecular flexibility index (Phi) is 3.64. The Morgan fingerprint density at radius 3 is 1.79 bits per heavy atom. The first kappa shape index (κ1) is 17.0. The molecule has 2 N–H and O–H groups in total. The standard InChI is InChI=1S/C24H15NO4/c26-16-8-4-14(5-9-16)18-12-13-21-22-19(18)2-1-3-20(22)23(28)25(24(21)29)15-6-10-17(27)11-7-15/h1-13,26-27H. The van der Waals surface area contributed by atoms with Gasteiger partial charge < -0.3 is 10.2 Å². The van der Waals surface area contributed by atoms with Crippen LogP contribution in [0.1, 0.15) is 20.7 Å². The minimum Gasteiger partial charge on any atom is -0.508 e. The number of rotatable bonds is 2. The van der Waals surface area contributed by atoms with Gasteiger partial charge in [-0.2, -0.15) is 0 Å². The van der Waals surface area contributed by atoms with E-state index >= 15 is 0 Å². The Hall–Kier alpha value is -4.12. The molecule has 1 heterocycles. The fourth-order valence-corrected chi connectivity index (χ4v) is 3.83. The van der Waals surface area contributed by atoms with Gasteiger partial charge in [-0.05, 0) is 65.0 Å². The zero-order chi connectivity index (χ0) is 20.1. The van der Waals surface area contributed by atoms with E-state index in [1.54, 1.807) is 54.6 Å². The Labute approximate surface area is 166 Å². The van der Waals surface area contributed by atoms with Crippen molar-refractivity contribution < 1.29 is 19.8 Å². The molecule has 0 atom stereocenters. The van der Waals surface area contributed by atoms with Crippen LogP contribution in [-0.2, 0) is 0 Å². The molecule has 0 saturated carbocycles. The van der Waals surface area contributed by atoms with Crippen LogP contribution in [0.5, 0.6) is 11.5 Å². The molecule has 5 heteroatoms. The summed E-state index contributed by atoms with van der Waals surface area (Å²) < 4.78 is 0. The summed E-state index contributed by atoms with van der Waals surface area (Å²) in [5, 5.41) is 20.5. The lowest BCUT2D eigenvalue weighted by Gasteiger charge is -2.28. The molecule has 5 rings (SSSR count). The highest BCUT2D eigenvalue weighted by molar-refractivity contribution is 6.36. The van der Waals surface area contributed by atoms with E-state index in [0.29, 0.717) is 22.2 Å². The molecule has 0 aromatic heterocycles. The Morgan fingerprint density at radius 2 is 1.14 bits per heavy atom. The first-order valence-electron chi connectivity index (χ1n) is 9.07. The van der Waals surface area contributed by atoms with Crippen LogP contribution in [0, 0.1) is 0 Å². The molecule has 1 aliphatic heterocycles. The molecule has 0 unspecified atom stereocenters. The number of hydrogen-bond donors (Lipinski definition) is 2. The van der Waals surface area contributed by atoms with Gasteiger partial charge in [-0.15, -0.1) is 0 Å². The van der Waals surface area contributed by atoms with Gasteiger partial charge in [0.05, 0.1) is 5.69 Å². The second kappa shape index (κ2) is 6.21. The summed E-state index contributed by atoms with van der Waals surface area (Å²) in [4.78, 5) is 27.5. The van der Waals surface area contributed by atoms with Crippen LogP contribution in [0.3, 0.4) is 0 Å². The molecule has 0 fully saturated rings. The third-order valence-electron chi connectivity index (χ3n) is 5.19. The molecule has 4 aromatic carbocycles. The van der Waals surface area contributed by atoms with Crippen molar-refractivity contribution in [3.8, 4) is 22.6 Å². The van der Waals surface area contributed by atoms with E-state index in [2.05, 4.69) is 0 Å². The van der Waals surface area contributed by atoms with Gasteiger partial charge in [-0.3, -0.25) is 9.59 Å². The molecule has 5 nitrogen and oxygen atoms in total. The van der Waals surface area contributed by atoms with Gasteiger partial charge in [0.15, 0.2) is 0 Å². The summed E-state index contributed by atoms with van der Waals surface area (Å²) in [6, 6.07) is 21.8. The molecule has 0 aliphatic carbocycles. The van der Waals surface area contributed by atoms with Crippen molar-refractivity contribution in [2.75, 3.05) is 4.90 Å². The summed E-state index contributed by atoms with van der Waals surface area (Å²) in [7, 11) is 0. The molecular weight excluding hydrogens is 366 g/mol. The van der Waals surface area contributed by atoms with Crippen LogP contribution in [0.4, 0.5) is 5.69 Å². The van der Waals surface area contributed by atoms with Gasteiger partial charge in [-0.25, -0.2) is 4.90 Å². The van der Waals surface area contributed by atoms with Crippen molar-refractivity contribution in [1.29, 1.82) is 0 Å². The van der Waals surface area contributed by atoms with E-state index in [-0.39, 0.29) is 11.5 Å². The van der Waals surface area contributed by atoms with E-state index < -0.39 is 11.8 Å². The van der Waals surface area contributed by atoms with Gasteiger partial charge >= 0.3 is 0 Å². The monoisotopic (exact) mass is 381 g/mol. The number of carbonyl (C=O) groups is 2. The molecule has 2 amide bonds. The lowest BCUT2D eigenvalue weighted by atomic mass is 9.89. The molecule has 4 aromatic rings. The van der Waals surface area contributed by atoms with Gasteiger partial charge in [0.2, 0.25) is 0 Å². The third kappa shape index (κ3) is 2.56. The van der Waals surface area contributed by atoms with Gasteiger partial charge in [0.25, 0.3) is 11.8 Å². The molecule has 1 aliphatic rings. The van der Waals surface area contributed by atoms with Crippen LogP contribution < -0.4 is 4.90 Å². The first-order valence-corrected chi connectivity index (χ1v) is 9.07. The van der Waals surface area contributed by atoms with Crippen LogP contribution in [0.2, 0.25) is 0 Å². The molecule has 0 spiro atoms. The van der Waals surface area contributed by atoms with E-state index in [9.17, 15) is 19.8 Å². The van der Waals surface area contributed by atoms with Crippen LogP contribution >= 0.6 is 0 Å². The number of phenols is 2. The van der Waals surface area contributed by atoms with Crippen molar-refractivity contribution in [2.24, 2.45) is 0 Å². The summed E-state index contributed by atoms with van der Waals surface area (Å²) >= 11 is 0. The number of carbonyl (C=O) groups excluding carboxylic acids is 2. The SMILES string of the molecule is O=C1c2cccc3c(-c4ccc(O)cc4)ccc(c23)C(=O)N1c1ccc(O)cc1. The largest absolute Gasteiger partial charge is 0.508 e. The van der Waals surface area contributed by atoms with Gasteiger partial charge in [0.1, 0.15) is 11.5 Å². The lowest BCUT2D eigenvalue weighted by molar-refractivity contribution is 0.0893. The molecule has 0 saturated heterocycles. The highest BCUT2D eigenvalue weighted by atomic mass is 16.3. The summed E-state index contributed by atoms with van der Waals surface area (Å²) in [6.07, 6.45) is 0. The number of nitrogens with zero attached hydrogens (tertiary/aromatic N) is 1. The third-order valence-corrected chi connectivity index (χ3v) is 5.19. The van der Waals surface area contributed by atoms with E-state index in [1.165, 1.54) is 12.1 Å². The van der Waals surface area contributed by atoms with Gasteiger partial charge in [-0.1, -0.05) is 30.3 Å². The minimum absolute atomic E-state index is 0.0618. The van der Waals surface area contributed by atoms with Crippen molar-refractivity contribution >= 4 is 28.3 Å². The Balaban J connectivity index is 1.73. The summed E-state index contributed by atoms with van der Waals surface area (Å²) in [5.41, 5.74) is 3.07. The second-order valence-electron chi connectivity index (χ2n) is 6.90. The predicted octanol–water partition coefficient (Wildman–Crippen LogP) is 4.72. The van der Waals surface area contributed by atoms with E-state index in [0.717, 1.165) is 21.4 Å². The number of phenolic OH excluding ortho intramolecular Hbond substituents is 2. The maximum Gasteiger partial charge on any atom is 0.265 e. The number of aromatic hydroxyl groups is 2. The second-order valence-corrected chi connectivity index (χ2v) is 6.90. The zero-order valence-corrected chi connectivity index (χ0v) is 15.2. The van der Waals surface area contributed by atoms with Crippen molar-refractivity contribution in [3.63, 3.8) is 0 Å². The van der Waals surface area contributed by atoms with Crippen LogP contribution in [0.25, 0.3) is 21.9 Å². The number of imide groups is 1. The minimum atomic E-state index is -0.401. The van der Waals surface area contributed by atoms with Crippen LogP contribution in [0.15, 0.2) is 78.9 Å². The number of anilines is 1. The Bertz CT molecular complexity index is 1270. The summed E-state index contributed by atoms with van der Waals surface area (Å²) in [5.74, 6) is -0.568. The normalized spacial score (nSPS) is 13.2. The number of benzene rings is 4. The van der Waals surface area contributed by atoms with Crippen LogP contribution in [-0.4, -0.2) is 22.0 Å². The molecule has 0 radical (unpaired) electrons. The average molecular weight is 381 g/mol. The Morgan fingerprint density at radius 1 is 0.586 bits per heavy atom. The maximum absolute atomic E-state index is 13.2. The molecule has 140 valence electrons. The lowest BCUT2D eigenvalue weighted by Crippen LogP contribution is -2.40. The summed E-state index contributed by atoms with van der Waals surface area (Å²) in [6.45, 7) is 0. The first-order chi connectivity index (χ1) is 14.0. The van der Waals surface area contributed by atoms with Crippen molar-refractivity contribution in [2.45, 2.75) is 0 Å². The quantitative estimate of drug-likeness (QED) is 0.493. The maximum atomic E-state index is 13.2. The van der Waals surface area contributed by atoms with Crippen molar-refractivity contribution in [1.82, 2.24) is 0 Å². The molecule has 29 heavy (non-hydrogen) atoms. The van der Waals surface area contributed by atoms with E-state index in [4.69, 9.17) is 0 Å². The number of amides is 2. The van der Waals surface area contributed by atoms with Gasteiger partial charge in [0, 0.05) is 16.5 Å². The fraction of sp³-hybridized carbons (Fsp3) is 0. The fourth-order valence-electron chi connectivity index (χ4n) is 3.83. The predicted molar refractivity (Wildman–Crippen MR) is 110 cm³/mol. The highest BCUT2D eigenvalue weighted by Crippen LogP contribution is 2.38. The topological polar surface area (TPSA) is 77.8 Å². The van der Waals surface area contributed by atoms with Crippen molar-refractivity contribution in [3.05, 3.63) is 90.0 Å². The molecule has 0 bridgehead atoms.